The summed E-state index contributed by atoms with van der Waals surface area (Å²) in [5.41, 5.74) is 7.65. The average Bonchev–Trinajstić information content (AvgIpc) is 2.47. The monoisotopic (exact) mass is 288 g/mol. The Bertz CT molecular complexity index is 589. The number of hydrogen-bond acceptors (Lipinski definition) is 7. The average molecular weight is 288 g/mol. The minimum atomic E-state index is 0.471. The Morgan fingerprint density at radius 2 is 2.05 bits per heavy atom. The highest BCUT2D eigenvalue weighted by molar-refractivity contribution is 5.76. The van der Waals surface area contributed by atoms with Crippen molar-refractivity contribution in [2.75, 3.05) is 36.6 Å². The molecular weight excluding hydrogens is 268 g/mol. The Balaban J connectivity index is 2.06. The first-order valence-corrected chi connectivity index (χ1v) is 6.73. The maximum atomic E-state index is 6.07. The van der Waals surface area contributed by atoms with E-state index < -0.39 is 0 Å². The lowest BCUT2D eigenvalue weighted by atomic mass is 10.3. The summed E-state index contributed by atoms with van der Waals surface area (Å²) in [5.74, 6) is 1.85. The van der Waals surface area contributed by atoms with E-state index in [9.17, 15) is 0 Å². The second-order valence-corrected chi connectivity index (χ2v) is 4.60. The smallest absolute Gasteiger partial charge is 0.160 e. The first kappa shape index (κ1) is 15.0. The van der Waals surface area contributed by atoms with Gasteiger partial charge in [-0.1, -0.05) is 0 Å². The van der Waals surface area contributed by atoms with E-state index in [4.69, 9.17) is 10.5 Å². The van der Waals surface area contributed by atoms with Crippen molar-refractivity contribution in [2.45, 2.75) is 13.3 Å². The zero-order valence-corrected chi connectivity index (χ0v) is 12.3. The molecular formula is C14H20N6O. The Morgan fingerprint density at radius 3 is 2.81 bits per heavy atom. The number of ether oxygens (including phenoxy) is 1. The molecule has 0 saturated heterocycles. The molecule has 0 aliphatic heterocycles. The van der Waals surface area contributed by atoms with Crippen LogP contribution in [0.2, 0.25) is 0 Å². The van der Waals surface area contributed by atoms with Gasteiger partial charge in [0.1, 0.15) is 17.8 Å². The Hall–Kier alpha value is -2.41. The third-order valence-electron chi connectivity index (χ3n) is 2.86. The van der Waals surface area contributed by atoms with Gasteiger partial charge < -0.3 is 21.1 Å². The van der Waals surface area contributed by atoms with Crippen LogP contribution in [0.3, 0.4) is 0 Å². The van der Waals surface area contributed by atoms with Gasteiger partial charge in [0.2, 0.25) is 0 Å². The third-order valence-corrected chi connectivity index (χ3v) is 2.86. The summed E-state index contributed by atoms with van der Waals surface area (Å²) < 4.78 is 5.00. The molecule has 0 amide bonds. The van der Waals surface area contributed by atoms with Crippen LogP contribution >= 0.6 is 0 Å². The largest absolute Gasteiger partial charge is 0.393 e. The molecule has 0 aromatic carbocycles. The van der Waals surface area contributed by atoms with Gasteiger partial charge in [0.25, 0.3) is 0 Å². The molecule has 0 unspecified atom stereocenters. The minimum Gasteiger partial charge on any atom is -0.393 e. The van der Waals surface area contributed by atoms with Crippen LogP contribution in [0, 0.1) is 6.92 Å². The molecule has 7 nitrogen and oxygen atoms in total. The molecule has 112 valence electrons. The first-order valence-electron chi connectivity index (χ1n) is 6.73. The molecule has 4 N–H and O–H groups in total. The zero-order valence-electron chi connectivity index (χ0n) is 12.3. The second kappa shape index (κ2) is 7.39. The SMILES string of the molecule is COCCCNc1ncnc(Nc2cc(C)ccn2)c1N. The summed E-state index contributed by atoms with van der Waals surface area (Å²) in [6.45, 7) is 3.42. The summed E-state index contributed by atoms with van der Waals surface area (Å²) in [5, 5.41) is 6.27. The molecule has 21 heavy (non-hydrogen) atoms. The third kappa shape index (κ3) is 4.28. The number of nitrogens with two attached hydrogens (primary N) is 1. The van der Waals surface area contributed by atoms with Gasteiger partial charge in [-0.2, -0.15) is 0 Å². The van der Waals surface area contributed by atoms with Crippen molar-refractivity contribution in [2.24, 2.45) is 0 Å². The second-order valence-electron chi connectivity index (χ2n) is 4.60. The zero-order chi connectivity index (χ0) is 15.1. The van der Waals surface area contributed by atoms with Gasteiger partial charge >= 0.3 is 0 Å². The molecule has 0 fully saturated rings. The van der Waals surface area contributed by atoms with Crippen LogP contribution in [-0.2, 0) is 4.74 Å². The van der Waals surface area contributed by atoms with E-state index in [1.165, 1.54) is 6.33 Å². The molecule has 2 heterocycles. The highest BCUT2D eigenvalue weighted by Gasteiger charge is 2.08. The number of anilines is 4. The van der Waals surface area contributed by atoms with Crippen LogP contribution in [-0.4, -0.2) is 35.2 Å². The van der Waals surface area contributed by atoms with Crippen molar-refractivity contribution in [3.8, 4) is 0 Å². The molecule has 0 aliphatic carbocycles. The predicted octanol–water partition coefficient (Wildman–Crippen LogP) is 1.95. The van der Waals surface area contributed by atoms with E-state index in [0.29, 0.717) is 29.7 Å². The maximum Gasteiger partial charge on any atom is 0.160 e. The lowest BCUT2D eigenvalue weighted by Crippen LogP contribution is -2.10. The molecule has 0 bridgehead atoms. The fourth-order valence-corrected chi connectivity index (χ4v) is 1.79. The summed E-state index contributed by atoms with van der Waals surface area (Å²) in [6, 6.07) is 3.85. The fourth-order valence-electron chi connectivity index (χ4n) is 1.79. The summed E-state index contributed by atoms with van der Waals surface area (Å²) in [6.07, 6.45) is 4.08. The number of nitrogens with one attached hydrogen (secondary N) is 2. The number of methoxy groups -OCH3 is 1. The number of hydrogen-bond donors (Lipinski definition) is 3. The maximum absolute atomic E-state index is 6.07. The minimum absolute atomic E-state index is 0.471. The molecule has 0 radical (unpaired) electrons. The van der Waals surface area contributed by atoms with Crippen molar-refractivity contribution in [1.82, 2.24) is 15.0 Å². The standard InChI is InChI=1S/C14H20N6O/c1-10-4-6-16-11(8-10)20-14-12(15)13(18-9-19-14)17-5-3-7-21-2/h4,6,8-9H,3,5,7,15H2,1-2H3,(H2,16,17,18,19,20). The lowest BCUT2D eigenvalue weighted by Gasteiger charge is -2.12. The van der Waals surface area contributed by atoms with Crippen molar-refractivity contribution < 1.29 is 4.74 Å². The van der Waals surface area contributed by atoms with Gasteiger partial charge in [0.05, 0.1) is 0 Å². The first-order chi connectivity index (χ1) is 10.2. The van der Waals surface area contributed by atoms with Gasteiger partial charge in [-0.25, -0.2) is 15.0 Å². The molecule has 0 spiro atoms. The van der Waals surface area contributed by atoms with Crippen LogP contribution < -0.4 is 16.4 Å². The van der Waals surface area contributed by atoms with Gasteiger partial charge in [0.15, 0.2) is 11.6 Å². The van der Waals surface area contributed by atoms with E-state index in [-0.39, 0.29) is 0 Å². The number of aromatic nitrogens is 3. The van der Waals surface area contributed by atoms with Gasteiger partial charge in [-0.05, 0) is 31.0 Å². The fraction of sp³-hybridized carbons (Fsp3) is 0.357. The number of rotatable bonds is 7. The Labute approximate surface area is 124 Å². The van der Waals surface area contributed by atoms with Crippen LogP contribution in [0.15, 0.2) is 24.7 Å². The number of nitrogen functional groups attached to an aromatic ring is 1. The van der Waals surface area contributed by atoms with Crippen LogP contribution in [0.5, 0.6) is 0 Å². The van der Waals surface area contributed by atoms with Gasteiger partial charge in [-0.15, -0.1) is 0 Å². The van der Waals surface area contributed by atoms with Crippen LogP contribution in [0.25, 0.3) is 0 Å². The summed E-state index contributed by atoms with van der Waals surface area (Å²) in [7, 11) is 1.68. The highest BCUT2D eigenvalue weighted by atomic mass is 16.5. The van der Waals surface area contributed by atoms with E-state index in [1.54, 1.807) is 13.3 Å². The van der Waals surface area contributed by atoms with Crippen LogP contribution in [0.4, 0.5) is 23.1 Å². The van der Waals surface area contributed by atoms with Crippen molar-refractivity contribution >= 4 is 23.1 Å². The number of aryl methyl sites for hydroxylation is 1. The predicted molar refractivity (Wildman–Crippen MR) is 83.7 cm³/mol. The number of pyridine rings is 1. The van der Waals surface area contributed by atoms with Crippen molar-refractivity contribution in [3.63, 3.8) is 0 Å². The van der Waals surface area contributed by atoms with Crippen molar-refractivity contribution in [3.05, 3.63) is 30.2 Å². The topological polar surface area (TPSA) is 98.0 Å². The van der Waals surface area contributed by atoms with Gasteiger partial charge in [0, 0.05) is 26.5 Å². The van der Waals surface area contributed by atoms with Crippen LogP contribution in [0.1, 0.15) is 12.0 Å². The van der Waals surface area contributed by atoms with E-state index in [1.807, 2.05) is 19.1 Å². The number of nitrogens with zero attached hydrogens (tertiary/aromatic N) is 3. The quantitative estimate of drug-likeness (QED) is 0.670. The Kier molecular flexibility index (Phi) is 5.28. The molecule has 2 aromatic rings. The molecule has 2 aromatic heterocycles. The molecule has 2 rings (SSSR count). The van der Waals surface area contributed by atoms with Gasteiger partial charge in [-0.3, -0.25) is 0 Å². The van der Waals surface area contributed by atoms with Crippen molar-refractivity contribution in [1.29, 1.82) is 0 Å². The summed E-state index contributed by atoms with van der Waals surface area (Å²) in [4.78, 5) is 12.5. The molecule has 7 heteroatoms. The van der Waals surface area contributed by atoms with E-state index in [2.05, 4.69) is 25.6 Å². The summed E-state index contributed by atoms with van der Waals surface area (Å²) >= 11 is 0. The highest BCUT2D eigenvalue weighted by Crippen LogP contribution is 2.25. The normalized spacial score (nSPS) is 10.4. The molecule has 0 aliphatic rings. The lowest BCUT2D eigenvalue weighted by molar-refractivity contribution is 0.198. The van der Waals surface area contributed by atoms with E-state index >= 15 is 0 Å². The molecule has 0 atom stereocenters. The van der Waals surface area contributed by atoms with E-state index in [0.717, 1.165) is 18.5 Å². The molecule has 0 saturated carbocycles. The Morgan fingerprint density at radius 1 is 1.24 bits per heavy atom.